The zero-order valence-corrected chi connectivity index (χ0v) is 10.3. The van der Waals surface area contributed by atoms with Crippen molar-refractivity contribution in [3.8, 4) is 0 Å². The van der Waals surface area contributed by atoms with Gasteiger partial charge in [-0.2, -0.15) is 0 Å². The Kier molecular flexibility index (Phi) is 5.97. The maximum Gasteiger partial charge on any atom is 0.308 e. The van der Waals surface area contributed by atoms with Crippen LogP contribution in [0.4, 0.5) is 0 Å². The van der Waals surface area contributed by atoms with E-state index in [4.69, 9.17) is 0 Å². The molecule has 0 aromatic heterocycles. The third kappa shape index (κ3) is 5.17. The molecule has 1 atom stereocenters. The van der Waals surface area contributed by atoms with Crippen LogP contribution in [0.3, 0.4) is 0 Å². The first-order chi connectivity index (χ1) is 8.13. The van der Waals surface area contributed by atoms with Gasteiger partial charge in [-0.3, -0.25) is 9.59 Å². The number of aliphatic hydroxyl groups is 1. The van der Waals surface area contributed by atoms with Gasteiger partial charge in [0.2, 0.25) is 5.91 Å². The summed E-state index contributed by atoms with van der Waals surface area (Å²) in [6, 6.07) is 0.146. The Bertz CT molecular complexity index is 261. The van der Waals surface area contributed by atoms with Gasteiger partial charge in [-0.15, -0.1) is 0 Å². The highest BCUT2D eigenvalue weighted by atomic mass is 16.5. The van der Waals surface area contributed by atoms with E-state index in [0.717, 1.165) is 25.7 Å². The average Bonchev–Trinajstić information content (AvgIpc) is 2.30. The first-order valence-corrected chi connectivity index (χ1v) is 6.27. The van der Waals surface area contributed by atoms with E-state index >= 15 is 0 Å². The molecule has 1 amide bonds. The van der Waals surface area contributed by atoms with Crippen LogP contribution in [0.25, 0.3) is 0 Å². The standard InChI is InChI=1S/C12H21NO4/c1-2-17-11(15)8-10(14)12(16)13-9-6-4-3-5-7-9/h9-10,14H,2-8H2,1H3,(H,13,16)/t10-/m0/s1. The fraction of sp³-hybridized carbons (Fsp3) is 0.833. The third-order valence-corrected chi connectivity index (χ3v) is 2.92. The molecule has 0 radical (unpaired) electrons. The van der Waals surface area contributed by atoms with Crippen LogP contribution in [0.2, 0.25) is 0 Å². The van der Waals surface area contributed by atoms with E-state index < -0.39 is 18.0 Å². The molecule has 0 unspecified atom stereocenters. The number of nitrogens with one attached hydrogen (secondary N) is 1. The van der Waals surface area contributed by atoms with E-state index in [1.165, 1.54) is 6.42 Å². The second-order valence-corrected chi connectivity index (χ2v) is 4.37. The van der Waals surface area contributed by atoms with Crippen molar-refractivity contribution in [1.82, 2.24) is 5.32 Å². The lowest BCUT2D eigenvalue weighted by molar-refractivity contribution is -0.148. The lowest BCUT2D eigenvalue weighted by Gasteiger charge is -2.23. The van der Waals surface area contributed by atoms with Gasteiger partial charge in [-0.25, -0.2) is 0 Å². The van der Waals surface area contributed by atoms with Gasteiger partial charge in [-0.05, 0) is 19.8 Å². The summed E-state index contributed by atoms with van der Waals surface area (Å²) in [7, 11) is 0. The molecule has 1 rings (SSSR count). The normalized spacial score (nSPS) is 18.5. The summed E-state index contributed by atoms with van der Waals surface area (Å²) in [5, 5.41) is 12.3. The molecular formula is C12H21NO4. The zero-order valence-electron chi connectivity index (χ0n) is 10.3. The summed E-state index contributed by atoms with van der Waals surface area (Å²) in [5.74, 6) is -1.01. The van der Waals surface area contributed by atoms with Crippen molar-refractivity contribution < 1.29 is 19.4 Å². The number of ether oxygens (including phenoxy) is 1. The molecule has 2 N–H and O–H groups in total. The Labute approximate surface area is 102 Å². The Morgan fingerprint density at radius 3 is 2.59 bits per heavy atom. The van der Waals surface area contributed by atoms with Gasteiger partial charge in [0.05, 0.1) is 13.0 Å². The van der Waals surface area contributed by atoms with Crippen molar-refractivity contribution in [3.63, 3.8) is 0 Å². The Morgan fingerprint density at radius 1 is 1.35 bits per heavy atom. The second-order valence-electron chi connectivity index (χ2n) is 4.37. The summed E-state index contributed by atoms with van der Waals surface area (Å²) in [5.41, 5.74) is 0. The minimum atomic E-state index is -1.30. The third-order valence-electron chi connectivity index (χ3n) is 2.92. The van der Waals surface area contributed by atoms with Crippen molar-refractivity contribution in [3.05, 3.63) is 0 Å². The maximum absolute atomic E-state index is 11.6. The first-order valence-electron chi connectivity index (χ1n) is 6.27. The topological polar surface area (TPSA) is 75.6 Å². The van der Waals surface area contributed by atoms with Crippen LogP contribution in [-0.4, -0.2) is 35.7 Å². The minimum absolute atomic E-state index is 0.146. The van der Waals surface area contributed by atoms with Gasteiger partial charge in [0.25, 0.3) is 0 Å². The molecule has 0 aromatic carbocycles. The van der Waals surface area contributed by atoms with Gasteiger partial charge in [0.1, 0.15) is 6.10 Å². The number of rotatable bonds is 5. The van der Waals surface area contributed by atoms with Crippen LogP contribution in [0.15, 0.2) is 0 Å². The van der Waals surface area contributed by atoms with Gasteiger partial charge < -0.3 is 15.2 Å². The number of hydrogen-bond acceptors (Lipinski definition) is 4. The van der Waals surface area contributed by atoms with Crippen LogP contribution in [0.5, 0.6) is 0 Å². The van der Waals surface area contributed by atoms with Crippen molar-refractivity contribution in [2.75, 3.05) is 6.61 Å². The molecule has 0 saturated heterocycles. The lowest BCUT2D eigenvalue weighted by atomic mass is 9.95. The predicted molar refractivity (Wildman–Crippen MR) is 62.3 cm³/mol. The van der Waals surface area contributed by atoms with Crippen LogP contribution >= 0.6 is 0 Å². The molecule has 1 aliphatic rings. The van der Waals surface area contributed by atoms with Crippen molar-refractivity contribution >= 4 is 11.9 Å². The van der Waals surface area contributed by atoms with Crippen molar-refractivity contribution in [2.24, 2.45) is 0 Å². The van der Waals surface area contributed by atoms with Crippen LogP contribution < -0.4 is 5.32 Å². The summed E-state index contributed by atoms with van der Waals surface area (Å²) in [4.78, 5) is 22.7. The highest BCUT2D eigenvalue weighted by Gasteiger charge is 2.23. The van der Waals surface area contributed by atoms with E-state index in [0.29, 0.717) is 0 Å². The predicted octanol–water partition coefficient (Wildman–Crippen LogP) is 0.749. The Balaban J connectivity index is 2.28. The van der Waals surface area contributed by atoms with E-state index in [1.807, 2.05) is 0 Å². The zero-order chi connectivity index (χ0) is 12.7. The second kappa shape index (κ2) is 7.27. The van der Waals surface area contributed by atoms with Crippen LogP contribution in [-0.2, 0) is 14.3 Å². The fourth-order valence-corrected chi connectivity index (χ4v) is 2.01. The van der Waals surface area contributed by atoms with Gasteiger partial charge in [0.15, 0.2) is 0 Å². The average molecular weight is 243 g/mol. The molecule has 5 nitrogen and oxygen atoms in total. The van der Waals surface area contributed by atoms with Crippen LogP contribution in [0, 0.1) is 0 Å². The molecule has 0 spiro atoms. The number of carbonyl (C=O) groups is 2. The van der Waals surface area contributed by atoms with E-state index in [1.54, 1.807) is 6.92 Å². The molecule has 1 saturated carbocycles. The van der Waals surface area contributed by atoms with Gasteiger partial charge >= 0.3 is 5.97 Å². The van der Waals surface area contributed by atoms with Crippen molar-refractivity contribution in [1.29, 1.82) is 0 Å². The molecular weight excluding hydrogens is 222 g/mol. The number of amides is 1. The minimum Gasteiger partial charge on any atom is -0.466 e. The number of aliphatic hydroxyl groups excluding tert-OH is 1. The maximum atomic E-state index is 11.6. The summed E-state index contributed by atoms with van der Waals surface area (Å²) < 4.78 is 4.67. The summed E-state index contributed by atoms with van der Waals surface area (Å²) in [6.45, 7) is 1.95. The monoisotopic (exact) mass is 243 g/mol. The highest BCUT2D eigenvalue weighted by Crippen LogP contribution is 2.17. The number of hydrogen-bond donors (Lipinski definition) is 2. The van der Waals surface area contributed by atoms with E-state index in [-0.39, 0.29) is 19.1 Å². The molecule has 0 aromatic rings. The SMILES string of the molecule is CCOC(=O)C[C@H](O)C(=O)NC1CCCCC1. The van der Waals surface area contributed by atoms with Crippen LogP contribution in [0.1, 0.15) is 45.4 Å². The molecule has 0 aliphatic heterocycles. The quantitative estimate of drug-likeness (QED) is 0.699. The molecule has 0 bridgehead atoms. The van der Waals surface area contributed by atoms with E-state index in [9.17, 15) is 14.7 Å². The van der Waals surface area contributed by atoms with Crippen molar-refractivity contribution in [2.45, 2.75) is 57.6 Å². The summed E-state index contributed by atoms with van der Waals surface area (Å²) in [6.07, 6.45) is 3.77. The highest BCUT2D eigenvalue weighted by molar-refractivity contribution is 5.85. The molecule has 1 fully saturated rings. The Morgan fingerprint density at radius 2 is 2.00 bits per heavy atom. The number of esters is 1. The van der Waals surface area contributed by atoms with Gasteiger partial charge in [-0.1, -0.05) is 19.3 Å². The number of carbonyl (C=O) groups excluding carboxylic acids is 2. The largest absolute Gasteiger partial charge is 0.466 e. The lowest BCUT2D eigenvalue weighted by Crippen LogP contribution is -2.43. The molecule has 1 aliphatic carbocycles. The van der Waals surface area contributed by atoms with Gasteiger partial charge in [0, 0.05) is 6.04 Å². The molecule has 17 heavy (non-hydrogen) atoms. The molecule has 0 heterocycles. The fourth-order valence-electron chi connectivity index (χ4n) is 2.01. The first kappa shape index (κ1) is 14.0. The molecule has 5 heteroatoms. The Hall–Kier alpha value is -1.10. The summed E-state index contributed by atoms with van der Waals surface area (Å²) >= 11 is 0. The smallest absolute Gasteiger partial charge is 0.308 e. The van der Waals surface area contributed by atoms with E-state index in [2.05, 4.69) is 10.1 Å². The molecule has 98 valence electrons.